The number of amides is 1. The molecule has 0 spiro atoms. The molecule has 33 heavy (non-hydrogen) atoms. The van der Waals surface area contributed by atoms with E-state index in [0.29, 0.717) is 56.6 Å². The van der Waals surface area contributed by atoms with Gasteiger partial charge in [0.25, 0.3) is 0 Å². The Morgan fingerprint density at radius 2 is 1.88 bits per heavy atom. The lowest BCUT2D eigenvalue weighted by molar-refractivity contribution is -0.120. The first-order valence-electron chi connectivity index (χ1n) is 10.9. The van der Waals surface area contributed by atoms with E-state index in [0.717, 1.165) is 0 Å². The second-order valence-electron chi connectivity index (χ2n) is 8.15. The fourth-order valence-corrected chi connectivity index (χ4v) is 5.20. The summed E-state index contributed by atoms with van der Waals surface area (Å²) in [6.07, 6.45) is -0.206. The molecule has 2 aliphatic heterocycles. The van der Waals surface area contributed by atoms with E-state index < -0.39 is 16.1 Å². The molecule has 178 valence electrons. The van der Waals surface area contributed by atoms with Gasteiger partial charge < -0.3 is 19.5 Å². The molecule has 4 rings (SSSR count). The minimum absolute atomic E-state index is 0.148. The Bertz CT molecular complexity index is 1090. The molecule has 0 saturated carbocycles. The van der Waals surface area contributed by atoms with Crippen molar-refractivity contribution in [1.29, 1.82) is 0 Å². The van der Waals surface area contributed by atoms with Crippen LogP contribution in [0.4, 0.5) is 5.69 Å². The predicted octanol–water partition coefficient (Wildman–Crippen LogP) is 1.81. The Hall–Kier alpha value is -2.66. The van der Waals surface area contributed by atoms with Crippen LogP contribution in [0.25, 0.3) is 0 Å². The van der Waals surface area contributed by atoms with Gasteiger partial charge in [-0.3, -0.25) is 9.69 Å². The number of rotatable bonds is 7. The molecule has 1 fully saturated rings. The lowest BCUT2D eigenvalue weighted by Crippen LogP contribution is -2.46. The molecule has 0 aliphatic carbocycles. The van der Waals surface area contributed by atoms with Crippen LogP contribution >= 0.6 is 0 Å². The SMILES string of the molecule is C[C@H](C(=O)Nc1cccc(S(=O)(=O)N2CCOCC2)c1)N(C)C[C@@H]1COc2ccccc2O1. The van der Waals surface area contributed by atoms with Crippen molar-refractivity contribution in [3.63, 3.8) is 0 Å². The van der Waals surface area contributed by atoms with Crippen molar-refractivity contribution >= 4 is 21.6 Å². The van der Waals surface area contributed by atoms with Gasteiger partial charge in [0.1, 0.15) is 12.7 Å². The molecule has 2 atom stereocenters. The van der Waals surface area contributed by atoms with E-state index in [1.807, 2.05) is 36.2 Å². The molecule has 2 aromatic carbocycles. The molecule has 10 heteroatoms. The third-order valence-electron chi connectivity index (χ3n) is 5.81. The number of hydrogen-bond acceptors (Lipinski definition) is 7. The number of nitrogens with zero attached hydrogens (tertiary/aromatic N) is 2. The van der Waals surface area contributed by atoms with Crippen molar-refractivity contribution < 1.29 is 27.4 Å². The number of para-hydroxylation sites is 2. The lowest BCUT2D eigenvalue weighted by Gasteiger charge is -2.31. The molecule has 9 nitrogen and oxygen atoms in total. The first kappa shape index (κ1) is 23.5. The Morgan fingerprint density at radius 3 is 2.64 bits per heavy atom. The third kappa shape index (κ3) is 5.47. The minimum Gasteiger partial charge on any atom is -0.486 e. The van der Waals surface area contributed by atoms with Gasteiger partial charge in [-0.05, 0) is 44.3 Å². The molecule has 1 N–H and O–H groups in total. The molecule has 2 heterocycles. The van der Waals surface area contributed by atoms with Crippen LogP contribution in [0, 0.1) is 0 Å². The fraction of sp³-hybridized carbons (Fsp3) is 0.435. The largest absolute Gasteiger partial charge is 0.486 e. The van der Waals surface area contributed by atoms with Crippen LogP contribution in [0.3, 0.4) is 0 Å². The number of carbonyl (C=O) groups is 1. The van der Waals surface area contributed by atoms with E-state index in [9.17, 15) is 13.2 Å². The van der Waals surface area contributed by atoms with Crippen LogP contribution in [-0.2, 0) is 19.6 Å². The quantitative estimate of drug-likeness (QED) is 0.652. The summed E-state index contributed by atoms with van der Waals surface area (Å²) in [6.45, 7) is 4.07. The zero-order valence-corrected chi connectivity index (χ0v) is 19.6. The van der Waals surface area contributed by atoms with E-state index in [-0.39, 0.29) is 16.9 Å². The summed E-state index contributed by atoms with van der Waals surface area (Å²) in [6, 6.07) is 13.4. The Labute approximate surface area is 194 Å². The number of sulfonamides is 1. The molecule has 0 radical (unpaired) electrons. The summed E-state index contributed by atoms with van der Waals surface area (Å²) >= 11 is 0. The van der Waals surface area contributed by atoms with E-state index in [1.165, 1.54) is 16.4 Å². The number of benzene rings is 2. The molecule has 0 aromatic heterocycles. The van der Waals surface area contributed by atoms with Gasteiger partial charge in [-0.1, -0.05) is 18.2 Å². The number of anilines is 1. The topological polar surface area (TPSA) is 97.4 Å². The molecule has 2 aliphatic rings. The number of ether oxygens (including phenoxy) is 3. The van der Waals surface area contributed by atoms with Crippen molar-refractivity contribution in [3.8, 4) is 11.5 Å². The first-order valence-corrected chi connectivity index (χ1v) is 12.4. The molecule has 1 saturated heterocycles. The van der Waals surface area contributed by atoms with E-state index in [1.54, 1.807) is 19.1 Å². The van der Waals surface area contributed by atoms with Crippen LogP contribution in [0.15, 0.2) is 53.4 Å². The van der Waals surface area contributed by atoms with Crippen LogP contribution < -0.4 is 14.8 Å². The molecular weight excluding hydrogens is 446 g/mol. The van der Waals surface area contributed by atoms with Crippen molar-refractivity contribution in [2.45, 2.75) is 24.0 Å². The summed E-state index contributed by atoms with van der Waals surface area (Å²) in [4.78, 5) is 14.9. The van der Waals surface area contributed by atoms with Crippen LogP contribution in [0.2, 0.25) is 0 Å². The highest BCUT2D eigenvalue weighted by Gasteiger charge is 2.28. The highest BCUT2D eigenvalue weighted by molar-refractivity contribution is 7.89. The normalized spacial score (nSPS) is 19.8. The summed E-state index contributed by atoms with van der Waals surface area (Å²) in [5.41, 5.74) is 0.431. The van der Waals surface area contributed by atoms with Crippen molar-refractivity contribution in [3.05, 3.63) is 48.5 Å². The van der Waals surface area contributed by atoms with Gasteiger partial charge in [-0.15, -0.1) is 0 Å². The lowest BCUT2D eigenvalue weighted by atomic mass is 10.2. The average Bonchev–Trinajstić information content (AvgIpc) is 2.84. The molecule has 1 amide bonds. The molecule has 0 unspecified atom stereocenters. The van der Waals surface area contributed by atoms with Gasteiger partial charge in [-0.2, -0.15) is 4.31 Å². The average molecular weight is 476 g/mol. The molecular formula is C23H29N3O6S. The van der Waals surface area contributed by atoms with Crippen LogP contribution in [0.1, 0.15) is 6.92 Å². The maximum Gasteiger partial charge on any atom is 0.243 e. The maximum absolute atomic E-state index is 12.9. The predicted molar refractivity (Wildman–Crippen MR) is 123 cm³/mol. The van der Waals surface area contributed by atoms with Gasteiger partial charge in [-0.25, -0.2) is 8.42 Å². The molecule has 0 bridgehead atoms. The summed E-state index contributed by atoms with van der Waals surface area (Å²) in [5, 5.41) is 2.83. The highest BCUT2D eigenvalue weighted by atomic mass is 32.2. The van der Waals surface area contributed by atoms with Gasteiger partial charge >= 0.3 is 0 Å². The zero-order chi connectivity index (χ0) is 23.4. The van der Waals surface area contributed by atoms with Gasteiger partial charge in [0, 0.05) is 25.3 Å². The van der Waals surface area contributed by atoms with Crippen molar-refractivity contribution in [1.82, 2.24) is 9.21 Å². The van der Waals surface area contributed by atoms with Crippen LogP contribution in [-0.4, -0.2) is 82.2 Å². The number of fused-ring (bicyclic) bond motifs is 1. The van der Waals surface area contributed by atoms with E-state index in [2.05, 4.69) is 5.32 Å². The minimum atomic E-state index is -3.64. The number of carbonyl (C=O) groups excluding carboxylic acids is 1. The summed E-state index contributed by atoms with van der Waals surface area (Å²) < 4.78 is 44.2. The first-order chi connectivity index (χ1) is 15.8. The second-order valence-corrected chi connectivity index (χ2v) is 10.1. The zero-order valence-electron chi connectivity index (χ0n) is 18.8. The standard InChI is InChI=1S/C23H29N3O6S/c1-17(25(2)15-19-16-31-21-8-3-4-9-22(21)32-19)23(27)24-18-6-5-7-20(14-18)33(28,29)26-10-12-30-13-11-26/h3-9,14,17,19H,10-13,15-16H2,1-2H3,(H,24,27)/t17-,19-/m1/s1. The van der Waals surface area contributed by atoms with Crippen molar-refractivity contribution in [2.24, 2.45) is 0 Å². The number of hydrogen-bond donors (Lipinski definition) is 1. The monoisotopic (exact) mass is 475 g/mol. The number of morpholine rings is 1. The smallest absolute Gasteiger partial charge is 0.243 e. The van der Waals surface area contributed by atoms with Gasteiger partial charge in [0.15, 0.2) is 11.5 Å². The Balaban J connectivity index is 1.36. The maximum atomic E-state index is 12.9. The van der Waals surface area contributed by atoms with Crippen LogP contribution in [0.5, 0.6) is 11.5 Å². The fourth-order valence-electron chi connectivity index (χ4n) is 3.75. The Kier molecular flexibility index (Phi) is 7.18. The highest BCUT2D eigenvalue weighted by Crippen LogP contribution is 2.31. The second kappa shape index (κ2) is 10.1. The molecule has 2 aromatic rings. The van der Waals surface area contributed by atoms with Crippen molar-refractivity contribution in [2.75, 3.05) is 51.8 Å². The summed E-state index contributed by atoms with van der Waals surface area (Å²) in [5.74, 6) is 1.17. The summed E-state index contributed by atoms with van der Waals surface area (Å²) in [7, 11) is -1.80. The Morgan fingerprint density at radius 1 is 1.15 bits per heavy atom. The van der Waals surface area contributed by atoms with E-state index in [4.69, 9.17) is 14.2 Å². The number of likely N-dealkylation sites (N-methyl/N-ethyl adjacent to an activating group) is 1. The van der Waals surface area contributed by atoms with Gasteiger partial charge in [0.2, 0.25) is 15.9 Å². The van der Waals surface area contributed by atoms with E-state index >= 15 is 0 Å². The van der Waals surface area contributed by atoms with Gasteiger partial charge in [0.05, 0.1) is 24.2 Å². The third-order valence-corrected chi connectivity index (χ3v) is 7.70. The number of nitrogens with one attached hydrogen (secondary N) is 1.